The largest absolute Gasteiger partial charge is 0.289 e. The van der Waals surface area contributed by atoms with Gasteiger partial charge in [-0.15, -0.1) is 0 Å². The molecule has 0 aromatic carbocycles. The minimum absolute atomic E-state index is 0.269. The molecule has 0 radical (unpaired) electrons. The highest BCUT2D eigenvalue weighted by Crippen LogP contribution is 2.04. The molecule has 0 aliphatic rings. The van der Waals surface area contributed by atoms with Gasteiger partial charge < -0.3 is 0 Å². The van der Waals surface area contributed by atoms with E-state index in [0.717, 1.165) is 5.69 Å². The van der Waals surface area contributed by atoms with Gasteiger partial charge in [-0.3, -0.25) is 14.8 Å². The first-order valence-electron chi connectivity index (χ1n) is 4.76. The first kappa shape index (κ1) is 10.3. The van der Waals surface area contributed by atoms with Gasteiger partial charge >= 0.3 is 0 Å². The zero-order chi connectivity index (χ0) is 11.5. The molecule has 0 fully saturated rings. The number of hydrogen-bond donors (Lipinski definition) is 1. The van der Waals surface area contributed by atoms with E-state index in [1.54, 1.807) is 31.6 Å². The second-order valence-electron chi connectivity index (χ2n) is 3.32. The van der Waals surface area contributed by atoms with E-state index in [1.807, 2.05) is 6.92 Å². The van der Waals surface area contributed by atoms with Crippen molar-refractivity contribution in [2.45, 2.75) is 6.92 Å². The van der Waals surface area contributed by atoms with Crippen LogP contribution in [0.3, 0.4) is 0 Å². The summed E-state index contributed by atoms with van der Waals surface area (Å²) in [6.45, 7) is 1.83. The van der Waals surface area contributed by atoms with Crippen molar-refractivity contribution < 1.29 is 4.79 Å². The van der Waals surface area contributed by atoms with Crippen LogP contribution in [0.15, 0.2) is 24.5 Å². The topological polar surface area (TPSA) is 72.7 Å². The molecule has 0 saturated heterocycles. The van der Waals surface area contributed by atoms with Crippen molar-refractivity contribution in [2.24, 2.45) is 7.05 Å². The predicted molar refractivity (Wildman–Crippen MR) is 57.9 cm³/mol. The Balaban J connectivity index is 2.18. The smallest absolute Gasteiger partial charge is 0.276 e. The zero-order valence-corrected chi connectivity index (χ0v) is 9.01. The Morgan fingerprint density at radius 2 is 2.06 bits per heavy atom. The van der Waals surface area contributed by atoms with E-state index in [1.165, 1.54) is 4.68 Å². The van der Waals surface area contributed by atoms with Crippen LogP contribution in [0.4, 0.5) is 5.95 Å². The highest BCUT2D eigenvalue weighted by atomic mass is 16.2. The minimum atomic E-state index is -0.269. The van der Waals surface area contributed by atoms with E-state index < -0.39 is 0 Å². The van der Waals surface area contributed by atoms with Gasteiger partial charge in [-0.05, 0) is 19.1 Å². The van der Waals surface area contributed by atoms with Crippen molar-refractivity contribution >= 4 is 11.9 Å². The number of anilines is 1. The summed E-state index contributed by atoms with van der Waals surface area (Å²) in [4.78, 5) is 19.6. The molecular formula is C10H11N5O. The molecule has 2 rings (SSSR count). The fraction of sp³-hybridized carbons (Fsp3) is 0.200. The van der Waals surface area contributed by atoms with Crippen LogP contribution in [0, 0.1) is 6.92 Å². The predicted octanol–water partition coefficient (Wildman–Crippen LogP) is 0.771. The van der Waals surface area contributed by atoms with Crippen molar-refractivity contribution in [3.8, 4) is 0 Å². The molecule has 1 N–H and O–H groups in total. The van der Waals surface area contributed by atoms with E-state index in [9.17, 15) is 4.79 Å². The molecule has 0 bridgehead atoms. The normalized spacial score (nSPS) is 10.1. The summed E-state index contributed by atoms with van der Waals surface area (Å²) in [5.74, 6) is 0.0145. The Labute approximate surface area is 92.3 Å². The second kappa shape index (κ2) is 4.09. The molecule has 2 aromatic rings. The molecule has 1 amide bonds. The van der Waals surface area contributed by atoms with Crippen LogP contribution in [0.2, 0.25) is 0 Å². The Kier molecular flexibility index (Phi) is 2.63. The molecular weight excluding hydrogens is 206 g/mol. The number of nitrogens with one attached hydrogen (secondary N) is 1. The molecule has 0 spiro atoms. The van der Waals surface area contributed by atoms with Gasteiger partial charge in [0.2, 0.25) is 5.95 Å². The molecule has 6 nitrogen and oxygen atoms in total. The van der Waals surface area contributed by atoms with Crippen molar-refractivity contribution in [2.75, 3.05) is 5.32 Å². The summed E-state index contributed by atoms with van der Waals surface area (Å²) in [6, 6.07) is 3.39. The highest BCUT2D eigenvalue weighted by molar-refractivity contribution is 6.02. The maximum atomic E-state index is 11.8. The molecule has 6 heteroatoms. The van der Waals surface area contributed by atoms with E-state index in [4.69, 9.17) is 0 Å². The molecule has 82 valence electrons. The Morgan fingerprint density at radius 1 is 1.38 bits per heavy atom. The summed E-state index contributed by atoms with van der Waals surface area (Å²) in [6.07, 6.45) is 3.13. The van der Waals surface area contributed by atoms with E-state index >= 15 is 0 Å². The monoisotopic (exact) mass is 217 g/mol. The van der Waals surface area contributed by atoms with Gasteiger partial charge in [0.05, 0.1) is 5.69 Å². The molecule has 0 atom stereocenters. The average Bonchev–Trinajstić information content (AvgIpc) is 2.59. The number of amides is 1. The third-order valence-electron chi connectivity index (χ3n) is 2.03. The number of aryl methyl sites for hydroxylation is 2. The maximum absolute atomic E-state index is 11.8. The minimum Gasteiger partial charge on any atom is -0.289 e. The molecule has 2 heterocycles. The highest BCUT2D eigenvalue weighted by Gasteiger charge is 2.12. The van der Waals surface area contributed by atoms with Crippen molar-refractivity contribution in [1.82, 2.24) is 19.7 Å². The van der Waals surface area contributed by atoms with Gasteiger partial charge in [-0.2, -0.15) is 5.10 Å². The fourth-order valence-corrected chi connectivity index (χ4v) is 1.35. The lowest BCUT2D eigenvalue weighted by atomic mass is 10.3. The molecule has 2 aromatic heterocycles. The maximum Gasteiger partial charge on any atom is 0.276 e. The van der Waals surface area contributed by atoms with Crippen LogP contribution in [0.25, 0.3) is 0 Å². The number of hydrogen-bond acceptors (Lipinski definition) is 4. The number of rotatable bonds is 2. The summed E-state index contributed by atoms with van der Waals surface area (Å²) in [7, 11) is 1.72. The molecule has 0 aliphatic heterocycles. The summed E-state index contributed by atoms with van der Waals surface area (Å²) < 4.78 is 1.52. The zero-order valence-electron chi connectivity index (χ0n) is 9.01. The number of aromatic nitrogens is 4. The third kappa shape index (κ3) is 2.05. The lowest BCUT2D eigenvalue weighted by Crippen LogP contribution is -2.17. The second-order valence-corrected chi connectivity index (χ2v) is 3.32. The Hall–Kier alpha value is -2.24. The number of carbonyl (C=O) groups excluding carboxylic acids is 1. The van der Waals surface area contributed by atoms with Gasteiger partial charge in [-0.25, -0.2) is 9.97 Å². The van der Waals surface area contributed by atoms with Gasteiger partial charge in [0.15, 0.2) is 0 Å². The summed E-state index contributed by atoms with van der Waals surface area (Å²) >= 11 is 0. The van der Waals surface area contributed by atoms with Crippen LogP contribution in [0.1, 0.15) is 16.2 Å². The van der Waals surface area contributed by atoms with Gasteiger partial charge in [0.1, 0.15) is 5.69 Å². The van der Waals surface area contributed by atoms with Crippen molar-refractivity contribution in [3.05, 3.63) is 35.9 Å². The molecule has 0 aliphatic carbocycles. The quantitative estimate of drug-likeness (QED) is 0.806. The lowest BCUT2D eigenvalue weighted by Gasteiger charge is -2.02. The SMILES string of the molecule is Cc1cc(C(=O)Nc2ncccn2)n(C)n1. The fourth-order valence-electron chi connectivity index (χ4n) is 1.35. The van der Waals surface area contributed by atoms with Crippen LogP contribution in [-0.4, -0.2) is 25.7 Å². The lowest BCUT2D eigenvalue weighted by molar-refractivity contribution is 0.101. The van der Waals surface area contributed by atoms with Crippen LogP contribution in [0.5, 0.6) is 0 Å². The van der Waals surface area contributed by atoms with Gasteiger partial charge in [-0.1, -0.05) is 0 Å². The Bertz CT molecular complexity index is 505. The summed E-state index contributed by atoms with van der Waals surface area (Å²) in [5, 5.41) is 6.68. The van der Waals surface area contributed by atoms with Gasteiger partial charge in [0.25, 0.3) is 5.91 Å². The van der Waals surface area contributed by atoms with Crippen LogP contribution >= 0.6 is 0 Å². The standard InChI is InChI=1S/C10H11N5O/c1-7-6-8(15(2)14-7)9(16)13-10-11-4-3-5-12-10/h3-6H,1-2H3,(H,11,12,13,16). The number of nitrogens with zero attached hydrogens (tertiary/aromatic N) is 4. The first-order valence-corrected chi connectivity index (χ1v) is 4.76. The van der Waals surface area contributed by atoms with E-state index in [0.29, 0.717) is 5.69 Å². The molecule has 0 saturated carbocycles. The Morgan fingerprint density at radius 3 is 2.62 bits per heavy atom. The van der Waals surface area contributed by atoms with Gasteiger partial charge in [0, 0.05) is 19.4 Å². The van der Waals surface area contributed by atoms with E-state index in [2.05, 4.69) is 20.4 Å². The van der Waals surface area contributed by atoms with Crippen LogP contribution < -0.4 is 5.32 Å². The average molecular weight is 217 g/mol. The van der Waals surface area contributed by atoms with E-state index in [-0.39, 0.29) is 11.9 Å². The van der Waals surface area contributed by atoms with Crippen molar-refractivity contribution in [1.29, 1.82) is 0 Å². The van der Waals surface area contributed by atoms with Crippen molar-refractivity contribution in [3.63, 3.8) is 0 Å². The number of carbonyl (C=O) groups is 1. The summed E-state index contributed by atoms with van der Waals surface area (Å²) in [5.41, 5.74) is 1.27. The first-order chi connectivity index (χ1) is 7.66. The van der Waals surface area contributed by atoms with Crippen LogP contribution in [-0.2, 0) is 7.05 Å². The molecule has 0 unspecified atom stereocenters. The third-order valence-corrected chi connectivity index (χ3v) is 2.03. The molecule has 16 heavy (non-hydrogen) atoms.